The number of anilines is 1. The predicted octanol–water partition coefficient (Wildman–Crippen LogP) is 4.64. The summed E-state index contributed by atoms with van der Waals surface area (Å²) in [6, 6.07) is 8.11. The van der Waals surface area contributed by atoms with Crippen LogP contribution in [-0.4, -0.2) is 24.0 Å². The summed E-state index contributed by atoms with van der Waals surface area (Å²) in [5, 5.41) is 2.97. The molecule has 2 amide bonds. The highest BCUT2D eigenvalue weighted by Crippen LogP contribution is 2.23. The Hall–Kier alpha value is -1.51. The molecular weight excluding hydrogens is 248 g/mol. The van der Waals surface area contributed by atoms with Gasteiger partial charge in [-0.3, -0.25) is 0 Å². The Labute approximate surface area is 123 Å². The standard InChI is InChI=1S/C17H28N2O/c1-6-8-13-19(7-2)16(20)18-15-11-9-14(10-12-15)17(3,4)5/h9-12H,6-8,13H2,1-5H3,(H,18,20). The molecule has 0 unspecified atom stereocenters. The molecule has 1 N–H and O–H groups in total. The summed E-state index contributed by atoms with van der Waals surface area (Å²) in [4.78, 5) is 14.0. The van der Waals surface area contributed by atoms with Gasteiger partial charge in [-0.15, -0.1) is 0 Å². The van der Waals surface area contributed by atoms with Gasteiger partial charge < -0.3 is 10.2 Å². The molecule has 1 aromatic carbocycles. The lowest BCUT2D eigenvalue weighted by Gasteiger charge is -2.22. The van der Waals surface area contributed by atoms with Gasteiger partial charge in [0.25, 0.3) is 0 Å². The lowest BCUT2D eigenvalue weighted by atomic mass is 9.87. The van der Waals surface area contributed by atoms with E-state index in [1.54, 1.807) is 0 Å². The van der Waals surface area contributed by atoms with Gasteiger partial charge >= 0.3 is 6.03 Å². The fourth-order valence-electron chi connectivity index (χ4n) is 2.01. The molecule has 0 bridgehead atoms. The third-order valence-electron chi connectivity index (χ3n) is 3.45. The number of nitrogens with one attached hydrogen (secondary N) is 1. The highest BCUT2D eigenvalue weighted by atomic mass is 16.2. The second-order valence-corrected chi connectivity index (χ2v) is 6.19. The van der Waals surface area contributed by atoms with Crippen LogP contribution in [0.4, 0.5) is 10.5 Å². The SMILES string of the molecule is CCCCN(CC)C(=O)Nc1ccc(C(C)(C)C)cc1. The third kappa shape index (κ3) is 4.87. The van der Waals surface area contributed by atoms with E-state index in [-0.39, 0.29) is 11.4 Å². The normalized spacial score (nSPS) is 11.2. The van der Waals surface area contributed by atoms with Crippen LogP contribution in [0.15, 0.2) is 24.3 Å². The largest absolute Gasteiger partial charge is 0.325 e. The highest BCUT2D eigenvalue weighted by molar-refractivity contribution is 5.89. The van der Waals surface area contributed by atoms with Gasteiger partial charge in [0, 0.05) is 18.8 Å². The average molecular weight is 276 g/mol. The van der Waals surface area contributed by atoms with Crippen LogP contribution in [0.1, 0.15) is 53.0 Å². The fourth-order valence-corrected chi connectivity index (χ4v) is 2.01. The molecule has 1 rings (SSSR count). The van der Waals surface area contributed by atoms with E-state index < -0.39 is 0 Å². The molecule has 0 radical (unpaired) electrons. The minimum Gasteiger partial charge on any atom is -0.325 e. The number of nitrogens with zero attached hydrogens (tertiary/aromatic N) is 1. The molecule has 0 saturated heterocycles. The Morgan fingerprint density at radius 3 is 2.20 bits per heavy atom. The molecule has 0 heterocycles. The summed E-state index contributed by atoms with van der Waals surface area (Å²) in [6.07, 6.45) is 2.15. The van der Waals surface area contributed by atoms with Gasteiger partial charge in [0.05, 0.1) is 0 Å². The molecule has 3 heteroatoms. The summed E-state index contributed by atoms with van der Waals surface area (Å²) < 4.78 is 0. The number of hydrogen-bond donors (Lipinski definition) is 1. The number of hydrogen-bond acceptors (Lipinski definition) is 1. The van der Waals surface area contributed by atoms with Crippen molar-refractivity contribution in [1.29, 1.82) is 0 Å². The maximum Gasteiger partial charge on any atom is 0.321 e. The van der Waals surface area contributed by atoms with E-state index in [0.717, 1.165) is 31.6 Å². The van der Waals surface area contributed by atoms with Crippen molar-refractivity contribution in [1.82, 2.24) is 4.90 Å². The van der Waals surface area contributed by atoms with Crippen molar-refractivity contribution in [2.24, 2.45) is 0 Å². The van der Waals surface area contributed by atoms with Crippen LogP contribution < -0.4 is 5.32 Å². The number of carbonyl (C=O) groups excluding carboxylic acids is 1. The van der Waals surface area contributed by atoms with Crippen LogP contribution in [0.25, 0.3) is 0 Å². The predicted molar refractivity (Wildman–Crippen MR) is 86.3 cm³/mol. The highest BCUT2D eigenvalue weighted by Gasteiger charge is 2.14. The van der Waals surface area contributed by atoms with Gasteiger partial charge in [-0.2, -0.15) is 0 Å². The second-order valence-electron chi connectivity index (χ2n) is 6.19. The van der Waals surface area contributed by atoms with Crippen LogP contribution in [0, 0.1) is 0 Å². The van der Waals surface area contributed by atoms with E-state index in [2.05, 4.69) is 45.1 Å². The van der Waals surface area contributed by atoms with Crippen LogP contribution >= 0.6 is 0 Å². The van der Waals surface area contributed by atoms with Gasteiger partial charge in [-0.05, 0) is 36.5 Å². The lowest BCUT2D eigenvalue weighted by Crippen LogP contribution is -2.35. The van der Waals surface area contributed by atoms with Gasteiger partial charge in [0.15, 0.2) is 0 Å². The molecule has 20 heavy (non-hydrogen) atoms. The first-order chi connectivity index (χ1) is 9.38. The first kappa shape index (κ1) is 16.5. The van der Waals surface area contributed by atoms with Crippen molar-refractivity contribution in [3.63, 3.8) is 0 Å². The molecule has 0 atom stereocenters. The molecule has 0 spiro atoms. The summed E-state index contributed by atoms with van der Waals surface area (Å²) in [7, 11) is 0. The van der Waals surface area contributed by atoms with Crippen molar-refractivity contribution < 1.29 is 4.79 Å². The van der Waals surface area contributed by atoms with Gasteiger partial charge in [0.2, 0.25) is 0 Å². The third-order valence-corrected chi connectivity index (χ3v) is 3.45. The zero-order chi connectivity index (χ0) is 15.2. The molecule has 0 aliphatic rings. The number of benzene rings is 1. The Balaban J connectivity index is 2.66. The zero-order valence-electron chi connectivity index (χ0n) is 13.5. The van der Waals surface area contributed by atoms with Crippen molar-refractivity contribution >= 4 is 11.7 Å². The summed E-state index contributed by atoms with van der Waals surface area (Å²) >= 11 is 0. The van der Waals surface area contributed by atoms with Crippen LogP contribution in [-0.2, 0) is 5.41 Å². The molecule has 0 fully saturated rings. The van der Waals surface area contributed by atoms with Crippen molar-refractivity contribution in [2.45, 2.75) is 52.9 Å². The molecule has 1 aromatic rings. The second kappa shape index (κ2) is 7.32. The zero-order valence-corrected chi connectivity index (χ0v) is 13.5. The van der Waals surface area contributed by atoms with E-state index in [4.69, 9.17) is 0 Å². The maximum absolute atomic E-state index is 12.1. The van der Waals surface area contributed by atoms with E-state index >= 15 is 0 Å². The van der Waals surface area contributed by atoms with Gasteiger partial charge in [-0.25, -0.2) is 4.79 Å². The number of amides is 2. The van der Waals surface area contributed by atoms with E-state index in [1.807, 2.05) is 24.0 Å². The minimum absolute atomic E-state index is 0.00976. The summed E-state index contributed by atoms with van der Waals surface area (Å²) in [6.45, 7) is 12.3. The monoisotopic (exact) mass is 276 g/mol. The van der Waals surface area contributed by atoms with E-state index in [9.17, 15) is 4.79 Å². The topological polar surface area (TPSA) is 32.3 Å². The molecule has 3 nitrogen and oxygen atoms in total. The van der Waals surface area contributed by atoms with Crippen molar-refractivity contribution in [2.75, 3.05) is 18.4 Å². The minimum atomic E-state index is -0.00976. The van der Waals surface area contributed by atoms with Crippen LogP contribution in [0.5, 0.6) is 0 Å². The smallest absolute Gasteiger partial charge is 0.321 e. The maximum atomic E-state index is 12.1. The summed E-state index contributed by atoms with van der Waals surface area (Å²) in [5.74, 6) is 0. The Morgan fingerprint density at radius 1 is 1.15 bits per heavy atom. The Kier molecular flexibility index (Phi) is 6.05. The first-order valence-electron chi connectivity index (χ1n) is 7.55. The van der Waals surface area contributed by atoms with E-state index in [1.165, 1.54) is 5.56 Å². The first-order valence-corrected chi connectivity index (χ1v) is 7.55. The molecule has 0 aliphatic heterocycles. The van der Waals surface area contributed by atoms with Gasteiger partial charge in [0.1, 0.15) is 0 Å². The number of carbonyl (C=O) groups is 1. The Morgan fingerprint density at radius 2 is 1.75 bits per heavy atom. The average Bonchev–Trinajstić information content (AvgIpc) is 2.39. The fraction of sp³-hybridized carbons (Fsp3) is 0.588. The number of urea groups is 1. The van der Waals surface area contributed by atoms with Crippen LogP contribution in [0.2, 0.25) is 0 Å². The number of unbranched alkanes of at least 4 members (excludes halogenated alkanes) is 1. The molecule has 112 valence electrons. The number of rotatable bonds is 5. The summed E-state index contributed by atoms with van der Waals surface area (Å²) in [5.41, 5.74) is 2.27. The van der Waals surface area contributed by atoms with Crippen LogP contribution in [0.3, 0.4) is 0 Å². The molecule has 0 aliphatic carbocycles. The van der Waals surface area contributed by atoms with E-state index in [0.29, 0.717) is 0 Å². The molecule has 0 aromatic heterocycles. The van der Waals surface area contributed by atoms with Crippen molar-refractivity contribution in [3.05, 3.63) is 29.8 Å². The quantitative estimate of drug-likeness (QED) is 0.835. The lowest BCUT2D eigenvalue weighted by molar-refractivity contribution is 0.213. The van der Waals surface area contributed by atoms with Crippen molar-refractivity contribution in [3.8, 4) is 0 Å². The Bertz CT molecular complexity index is 418. The molecule has 0 saturated carbocycles. The molecular formula is C17H28N2O. The van der Waals surface area contributed by atoms with Gasteiger partial charge in [-0.1, -0.05) is 46.2 Å².